The third kappa shape index (κ3) is 4.32. The zero-order valence-electron chi connectivity index (χ0n) is 14.6. The Morgan fingerprint density at radius 1 is 0.871 bits per heavy atom. The summed E-state index contributed by atoms with van der Waals surface area (Å²) in [6.45, 7) is 1.70. The van der Waals surface area contributed by atoms with Crippen molar-refractivity contribution in [3.63, 3.8) is 0 Å². The zero-order valence-corrected chi connectivity index (χ0v) is 15.4. The van der Waals surface area contributed by atoms with E-state index in [1.54, 1.807) is 6.92 Å². The molecule has 1 heterocycles. The van der Waals surface area contributed by atoms with Gasteiger partial charge in [-0.1, -0.05) is 6.92 Å². The summed E-state index contributed by atoms with van der Waals surface area (Å²) in [7, 11) is 0. The van der Waals surface area contributed by atoms with Crippen molar-refractivity contribution in [3.05, 3.63) is 21.9 Å². The van der Waals surface area contributed by atoms with Crippen LogP contribution in [0.3, 0.4) is 0 Å². The van der Waals surface area contributed by atoms with Gasteiger partial charge in [0.05, 0.1) is 6.21 Å². The summed E-state index contributed by atoms with van der Waals surface area (Å²) in [5.41, 5.74) is 0.617. The van der Waals surface area contributed by atoms with Gasteiger partial charge in [-0.05, 0) is 18.6 Å². The highest BCUT2D eigenvalue weighted by atomic mass is 32.1. The Hall–Kier alpha value is -2.07. The van der Waals surface area contributed by atoms with E-state index in [9.17, 15) is 61.9 Å². The van der Waals surface area contributed by atoms with Gasteiger partial charge in [-0.25, -0.2) is 5.43 Å². The maximum Gasteiger partial charge on any atom is 0.460 e. The van der Waals surface area contributed by atoms with Crippen LogP contribution in [0.15, 0.2) is 17.2 Å². The number of nitrogens with zero attached hydrogens (tertiary/aromatic N) is 1. The Bertz CT molecular complexity index is 828. The van der Waals surface area contributed by atoms with Gasteiger partial charge in [0.2, 0.25) is 0 Å². The minimum Gasteiger partial charge on any atom is -0.266 e. The molecule has 31 heavy (non-hydrogen) atoms. The number of hydrogen-bond donors (Lipinski definition) is 1. The van der Waals surface area contributed by atoms with E-state index in [1.165, 1.54) is 12.1 Å². The number of amides is 1. The quantitative estimate of drug-likeness (QED) is 0.286. The summed E-state index contributed by atoms with van der Waals surface area (Å²) < 4.78 is 168. The predicted molar refractivity (Wildman–Crippen MR) is 80.2 cm³/mol. The van der Waals surface area contributed by atoms with E-state index in [4.69, 9.17) is 0 Å². The third-order valence-corrected chi connectivity index (χ3v) is 4.77. The first-order valence-corrected chi connectivity index (χ1v) is 8.38. The van der Waals surface area contributed by atoms with Gasteiger partial charge in [-0.2, -0.15) is 62.2 Å². The molecule has 0 unspecified atom stereocenters. The first-order valence-electron chi connectivity index (χ1n) is 7.56. The van der Waals surface area contributed by atoms with Gasteiger partial charge in [0.1, 0.15) is 0 Å². The molecular weight excluding hydrogens is 491 g/mol. The number of carbonyl (C=O) groups excluding carboxylic acids is 1. The number of halogens is 13. The molecule has 1 amide bonds. The molecule has 0 aromatic carbocycles. The summed E-state index contributed by atoms with van der Waals surface area (Å²) in [6.07, 6.45) is -6.45. The topological polar surface area (TPSA) is 41.5 Å². The monoisotopic (exact) mass is 500 g/mol. The number of nitrogens with one attached hydrogen (secondary N) is 1. The van der Waals surface area contributed by atoms with E-state index in [0.29, 0.717) is 22.9 Å². The van der Waals surface area contributed by atoms with Crippen molar-refractivity contribution in [1.82, 2.24) is 5.43 Å². The normalized spacial score (nSPS) is 14.9. The first kappa shape index (κ1) is 27.0. The van der Waals surface area contributed by atoms with Crippen molar-refractivity contribution in [1.29, 1.82) is 0 Å². The van der Waals surface area contributed by atoms with Gasteiger partial charge in [0.15, 0.2) is 0 Å². The average Bonchev–Trinajstić information content (AvgIpc) is 3.07. The average molecular weight is 500 g/mol. The van der Waals surface area contributed by atoms with Crippen LogP contribution in [0.2, 0.25) is 0 Å². The van der Waals surface area contributed by atoms with E-state index in [-0.39, 0.29) is 4.88 Å². The van der Waals surface area contributed by atoms with Crippen LogP contribution in [-0.4, -0.2) is 47.9 Å². The largest absolute Gasteiger partial charge is 0.460 e. The molecular formula is C14H9F13N2OS. The Morgan fingerprint density at radius 3 is 1.77 bits per heavy atom. The molecule has 0 fully saturated rings. The summed E-state index contributed by atoms with van der Waals surface area (Å²) in [4.78, 5) is 12.0. The molecule has 3 nitrogen and oxygen atoms in total. The zero-order chi connectivity index (χ0) is 24.7. The molecule has 0 aliphatic heterocycles. The second kappa shape index (κ2) is 8.12. The fraction of sp³-hybridized carbons (Fsp3) is 0.571. The summed E-state index contributed by atoms with van der Waals surface area (Å²) in [6, 6.07) is 2.81. The van der Waals surface area contributed by atoms with Crippen molar-refractivity contribution in [2.45, 2.75) is 49.1 Å². The lowest BCUT2D eigenvalue weighted by Gasteiger charge is -2.38. The maximum absolute atomic E-state index is 13.5. The SMILES string of the molecule is CCc1ccc(C=NNC(=O)C(F)(F)C(F)(F)C(F)(F)C(F)(F)C(F)(F)C(F)(F)F)s1. The number of hydrogen-bond acceptors (Lipinski definition) is 3. The number of alkyl halides is 13. The highest BCUT2D eigenvalue weighted by Crippen LogP contribution is 2.60. The van der Waals surface area contributed by atoms with Gasteiger partial charge in [0, 0.05) is 9.75 Å². The summed E-state index contributed by atoms with van der Waals surface area (Å²) in [5, 5.41) is 2.71. The van der Waals surface area contributed by atoms with Crippen LogP contribution in [0, 0.1) is 0 Å². The maximum atomic E-state index is 13.5. The van der Waals surface area contributed by atoms with Crippen LogP contribution in [0.4, 0.5) is 57.1 Å². The Balaban J connectivity index is 3.21. The molecule has 1 rings (SSSR count). The third-order valence-electron chi connectivity index (χ3n) is 3.61. The molecule has 0 aliphatic carbocycles. The molecule has 178 valence electrons. The number of rotatable bonds is 8. The fourth-order valence-electron chi connectivity index (χ4n) is 1.79. The van der Waals surface area contributed by atoms with Gasteiger partial charge in [-0.15, -0.1) is 11.3 Å². The molecule has 1 N–H and O–H groups in total. The second-order valence-corrected chi connectivity index (χ2v) is 6.93. The number of carbonyl (C=O) groups is 1. The highest BCUT2D eigenvalue weighted by molar-refractivity contribution is 7.13. The van der Waals surface area contributed by atoms with Gasteiger partial charge < -0.3 is 0 Å². The van der Waals surface area contributed by atoms with E-state index in [2.05, 4.69) is 5.10 Å². The van der Waals surface area contributed by atoms with Crippen LogP contribution in [-0.2, 0) is 11.2 Å². The van der Waals surface area contributed by atoms with Crippen LogP contribution in [0.5, 0.6) is 0 Å². The lowest BCUT2D eigenvalue weighted by molar-refractivity contribution is -0.436. The number of aryl methyl sites for hydroxylation is 1. The van der Waals surface area contributed by atoms with Gasteiger partial charge >= 0.3 is 41.7 Å². The molecule has 0 bridgehead atoms. The number of hydrazone groups is 1. The van der Waals surface area contributed by atoms with E-state index in [1.807, 2.05) is 0 Å². The van der Waals surface area contributed by atoms with E-state index < -0.39 is 41.7 Å². The first-order chi connectivity index (χ1) is 13.7. The van der Waals surface area contributed by atoms with Crippen molar-refractivity contribution in [2.75, 3.05) is 0 Å². The van der Waals surface area contributed by atoms with Crippen molar-refractivity contribution in [3.8, 4) is 0 Å². The minimum absolute atomic E-state index is 0.133. The minimum atomic E-state index is -8.07. The molecule has 0 saturated carbocycles. The molecule has 1 aromatic rings. The molecule has 0 aliphatic rings. The smallest absolute Gasteiger partial charge is 0.266 e. The van der Waals surface area contributed by atoms with Crippen LogP contribution in [0.25, 0.3) is 0 Å². The predicted octanol–water partition coefficient (Wildman–Crippen LogP) is 5.50. The van der Waals surface area contributed by atoms with Crippen LogP contribution in [0.1, 0.15) is 16.7 Å². The Labute approximate surface area is 167 Å². The highest BCUT2D eigenvalue weighted by Gasteiger charge is 2.91. The molecule has 0 spiro atoms. The van der Waals surface area contributed by atoms with Gasteiger partial charge in [0.25, 0.3) is 0 Å². The van der Waals surface area contributed by atoms with E-state index in [0.717, 1.165) is 11.3 Å². The standard InChI is InChI=1S/C14H9F13N2OS/c1-2-6-3-4-7(31-6)5-28-29-8(30)9(15,16)10(17,18)11(19,20)12(21,22)13(23,24)14(25,26)27/h3-5H,2H2,1H3,(H,29,30). The van der Waals surface area contributed by atoms with Crippen LogP contribution >= 0.6 is 11.3 Å². The number of thiophene rings is 1. The summed E-state index contributed by atoms with van der Waals surface area (Å²) in [5.74, 6) is -42.0. The molecule has 0 atom stereocenters. The lowest BCUT2D eigenvalue weighted by atomic mass is 9.93. The van der Waals surface area contributed by atoms with Gasteiger partial charge in [-0.3, -0.25) is 4.79 Å². The van der Waals surface area contributed by atoms with Crippen molar-refractivity contribution >= 4 is 23.5 Å². The van der Waals surface area contributed by atoms with Crippen molar-refractivity contribution in [2.24, 2.45) is 5.10 Å². The Kier molecular flexibility index (Phi) is 7.07. The van der Waals surface area contributed by atoms with E-state index >= 15 is 0 Å². The van der Waals surface area contributed by atoms with Crippen LogP contribution < -0.4 is 5.43 Å². The molecule has 0 radical (unpaired) electrons. The summed E-state index contributed by atoms with van der Waals surface area (Å²) >= 11 is 0.965. The fourth-order valence-corrected chi connectivity index (χ4v) is 2.62. The molecule has 0 saturated heterocycles. The molecule has 17 heteroatoms. The lowest BCUT2D eigenvalue weighted by Crippen LogP contribution is -2.71. The Morgan fingerprint density at radius 2 is 1.35 bits per heavy atom. The van der Waals surface area contributed by atoms with Crippen molar-refractivity contribution < 1.29 is 61.9 Å². The molecule has 1 aromatic heterocycles. The second-order valence-electron chi connectivity index (χ2n) is 5.73.